The summed E-state index contributed by atoms with van der Waals surface area (Å²) >= 11 is 0. The summed E-state index contributed by atoms with van der Waals surface area (Å²) in [6.45, 7) is 0. The van der Waals surface area contributed by atoms with E-state index in [1.807, 2.05) is 0 Å². The molecule has 2 heterocycles. The van der Waals surface area contributed by atoms with Crippen LogP contribution in [-0.4, -0.2) is 29.7 Å². The number of nitrogens with zero attached hydrogens (tertiary/aromatic N) is 6. The van der Waals surface area contributed by atoms with Crippen LogP contribution >= 0.6 is 0 Å². The molecule has 12 nitrogen and oxygen atoms in total. The first-order chi connectivity index (χ1) is 9.67. The molecule has 0 aliphatic carbocycles. The molecule has 2 aromatic rings. The quantitative estimate of drug-likeness (QED) is 0.179. The van der Waals surface area contributed by atoms with Crippen LogP contribution in [-0.2, 0) is 12.8 Å². The van der Waals surface area contributed by atoms with E-state index in [0.717, 1.165) is 12.8 Å². The van der Waals surface area contributed by atoms with Gasteiger partial charge < -0.3 is 11.7 Å². The van der Waals surface area contributed by atoms with Gasteiger partial charge >= 0.3 is 0 Å². The van der Waals surface area contributed by atoms with Crippen molar-refractivity contribution in [2.75, 3.05) is 22.5 Å². The number of rotatable bonds is 7. The van der Waals surface area contributed by atoms with Crippen molar-refractivity contribution in [2.45, 2.75) is 25.7 Å². The Bertz CT molecular complexity index is 506. The molecule has 10 N–H and O–H groups in total. The Morgan fingerprint density at radius 2 is 1.15 bits per heavy atom. The summed E-state index contributed by atoms with van der Waals surface area (Å²) in [7, 11) is 0. The van der Waals surface area contributed by atoms with Crippen LogP contribution < -0.4 is 34.2 Å². The minimum Gasteiger partial charge on any atom is -0.335 e. The first-order valence-electron chi connectivity index (χ1n) is 5.99. The number of hydrogen-bond acceptors (Lipinski definition) is 10. The molecule has 0 unspecified atom stereocenters. The summed E-state index contributed by atoms with van der Waals surface area (Å²) in [5.74, 6) is 23.9. The maximum atomic E-state index is 5.73. The number of nitrogen functional groups attached to an aromatic ring is 4. The molecular formula is C8H18N12. The number of unbranched alkanes of at least 4 members (excludes halogenated alkanes) is 1. The standard InChI is InChI=1S/C8H18N12/c9-13-7-17-15-5(19(7)11)3-1-2-4-6-16-18-8(14-10)20(6)12/h1-4,9-12H2,(H,13,17)(H,14,18). The predicted molar refractivity (Wildman–Crippen MR) is 72.6 cm³/mol. The Kier molecular flexibility index (Phi) is 4.17. The highest BCUT2D eigenvalue weighted by Crippen LogP contribution is 2.09. The van der Waals surface area contributed by atoms with Crippen LogP contribution in [0.25, 0.3) is 0 Å². The summed E-state index contributed by atoms with van der Waals surface area (Å²) < 4.78 is 2.64. The van der Waals surface area contributed by atoms with Crippen LogP contribution in [0.4, 0.5) is 11.9 Å². The number of anilines is 2. The van der Waals surface area contributed by atoms with Crippen molar-refractivity contribution in [1.29, 1.82) is 0 Å². The molecule has 0 spiro atoms. The lowest BCUT2D eigenvalue weighted by atomic mass is 10.2. The number of nitrogens with one attached hydrogen (secondary N) is 2. The molecule has 0 saturated carbocycles. The molecule has 110 valence electrons. The maximum Gasteiger partial charge on any atom is 0.257 e. The Morgan fingerprint density at radius 1 is 0.750 bits per heavy atom. The monoisotopic (exact) mass is 282 g/mol. The second-order valence-corrected chi connectivity index (χ2v) is 4.12. The summed E-state index contributed by atoms with van der Waals surface area (Å²) in [6.07, 6.45) is 3.04. The third-order valence-electron chi connectivity index (χ3n) is 2.84. The number of aromatic nitrogens is 6. The molecule has 2 rings (SSSR count). The van der Waals surface area contributed by atoms with E-state index in [0.29, 0.717) is 36.4 Å². The van der Waals surface area contributed by atoms with Gasteiger partial charge in [-0.05, 0) is 12.8 Å². The average molecular weight is 282 g/mol. The lowest BCUT2D eigenvalue weighted by molar-refractivity contribution is 0.663. The van der Waals surface area contributed by atoms with Crippen molar-refractivity contribution >= 4 is 11.9 Å². The smallest absolute Gasteiger partial charge is 0.257 e. The van der Waals surface area contributed by atoms with Crippen LogP contribution in [0.3, 0.4) is 0 Å². The van der Waals surface area contributed by atoms with E-state index in [1.165, 1.54) is 9.35 Å². The Labute approximate surface area is 114 Å². The molecule has 0 aliphatic heterocycles. The van der Waals surface area contributed by atoms with E-state index in [2.05, 4.69) is 31.2 Å². The zero-order valence-electron chi connectivity index (χ0n) is 10.8. The molecule has 0 atom stereocenters. The largest absolute Gasteiger partial charge is 0.335 e. The first-order valence-corrected chi connectivity index (χ1v) is 5.99. The van der Waals surface area contributed by atoms with Gasteiger partial charge in [-0.15, -0.1) is 20.4 Å². The Hall–Kier alpha value is -2.60. The molecule has 0 saturated heterocycles. The first kappa shape index (κ1) is 13.8. The summed E-state index contributed by atoms with van der Waals surface area (Å²) in [6, 6.07) is 0. The molecule has 0 aliphatic rings. The average Bonchev–Trinajstić information content (AvgIpc) is 2.99. The van der Waals surface area contributed by atoms with Gasteiger partial charge in [0.1, 0.15) is 0 Å². The van der Waals surface area contributed by atoms with Crippen LogP contribution in [0.5, 0.6) is 0 Å². The van der Waals surface area contributed by atoms with Crippen molar-refractivity contribution in [3.8, 4) is 0 Å². The van der Waals surface area contributed by atoms with Gasteiger partial charge in [0.15, 0.2) is 11.6 Å². The van der Waals surface area contributed by atoms with Gasteiger partial charge in [-0.3, -0.25) is 10.9 Å². The SMILES string of the molecule is NNc1nnc(CCCCc2nnc(NN)n2N)n1N. The fourth-order valence-corrected chi connectivity index (χ4v) is 1.75. The summed E-state index contributed by atoms with van der Waals surface area (Å²) in [4.78, 5) is 0. The predicted octanol–water partition coefficient (Wildman–Crippen LogP) is -2.57. The molecule has 12 heteroatoms. The maximum absolute atomic E-state index is 5.73. The third kappa shape index (κ3) is 2.70. The Balaban J connectivity index is 1.81. The molecule has 0 radical (unpaired) electrons. The van der Waals surface area contributed by atoms with Crippen LogP contribution in [0.1, 0.15) is 24.5 Å². The number of hydrogen-bond donors (Lipinski definition) is 6. The van der Waals surface area contributed by atoms with Gasteiger partial charge in [0.2, 0.25) is 0 Å². The minimum absolute atomic E-state index is 0.320. The molecule has 0 bridgehead atoms. The van der Waals surface area contributed by atoms with Crippen LogP contribution in [0, 0.1) is 0 Å². The number of nitrogens with two attached hydrogens (primary N) is 4. The van der Waals surface area contributed by atoms with Crippen molar-refractivity contribution < 1.29 is 0 Å². The van der Waals surface area contributed by atoms with Gasteiger partial charge in [0.25, 0.3) is 11.9 Å². The van der Waals surface area contributed by atoms with Gasteiger partial charge in [-0.25, -0.2) is 21.0 Å². The molecule has 0 fully saturated rings. The number of hydrazine groups is 2. The molecule has 0 aromatic carbocycles. The van der Waals surface area contributed by atoms with Crippen molar-refractivity contribution in [3.05, 3.63) is 11.6 Å². The molecule has 2 aromatic heterocycles. The highest BCUT2D eigenvalue weighted by atomic mass is 15.5. The van der Waals surface area contributed by atoms with Gasteiger partial charge in [-0.1, -0.05) is 0 Å². The second kappa shape index (κ2) is 6.03. The third-order valence-corrected chi connectivity index (χ3v) is 2.84. The van der Waals surface area contributed by atoms with Crippen molar-refractivity contribution in [3.63, 3.8) is 0 Å². The fraction of sp³-hybridized carbons (Fsp3) is 0.500. The second-order valence-electron chi connectivity index (χ2n) is 4.12. The highest BCUT2D eigenvalue weighted by molar-refractivity contribution is 5.24. The molecule has 20 heavy (non-hydrogen) atoms. The van der Waals surface area contributed by atoms with Crippen molar-refractivity contribution in [1.82, 2.24) is 29.7 Å². The van der Waals surface area contributed by atoms with Crippen LogP contribution in [0.15, 0.2) is 0 Å². The topological polar surface area (TPSA) is 190 Å². The van der Waals surface area contributed by atoms with Crippen molar-refractivity contribution in [2.24, 2.45) is 11.7 Å². The fourth-order valence-electron chi connectivity index (χ4n) is 1.75. The van der Waals surface area contributed by atoms with Gasteiger partial charge in [0, 0.05) is 12.8 Å². The summed E-state index contributed by atoms with van der Waals surface area (Å²) in [5.41, 5.74) is 4.71. The van der Waals surface area contributed by atoms with E-state index in [9.17, 15) is 0 Å². The van der Waals surface area contributed by atoms with Gasteiger partial charge in [0.05, 0.1) is 0 Å². The molecular weight excluding hydrogens is 264 g/mol. The van der Waals surface area contributed by atoms with Crippen LogP contribution in [0.2, 0.25) is 0 Å². The van der Waals surface area contributed by atoms with Gasteiger partial charge in [-0.2, -0.15) is 0 Å². The summed E-state index contributed by atoms with van der Waals surface area (Å²) in [5, 5.41) is 15.4. The van der Waals surface area contributed by atoms with E-state index in [4.69, 9.17) is 23.4 Å². The Morgan fingerprint density at radius 3 is 1.45 bits per heavy atom. The van der Waals surface area contributed by atoms with E-state index in [-0.39, 0.29) is 0 Å². The lowest BCUT2D eigenvalue weighted by Crippen LogP contribution is -2.20. The minimum atomic E-state index is 0.320. The van der Waals surface area contributed by atoms with E-state index < -0.39 is 0 Å². The zero-order chi connectivity index (χ0) is 14.5. The normalized spacial score (nSPS) is 10.7. The van der Waals surface area contributed by atoms with E-state index >= 15 is 0 Å². The molecule has 0 amide bonds. The highest BCUT2D eigenvalue weighted by Gasteiger charge is 2.10. The lowest BCUT2D eigenvalue weighted by Gasteiger charge is -2.04. The zero-order valence-corrected chi connectivity index (χ0v) is 10.8. The number of aryl methyl sites for hydroxylation is 2. The van der Waals surface area contributed by atoms with E-state index in [1.54, 1.807) is 0 Å².